The molecule has 1 N–H and O–H groups in total. The Morgan fingerprint density at radius 2 is 1.83 bits per heavy atom. The van der Waals surface area contributed by atoms with E-state index >= 15 is 0 Å². The molecule has 160 valence electrons. The summed E-state index contributed by atoms with van der Waals surface area (Å²) in [5.41, 5.74) is 2.63. The first-order valence-electron chi connectivity index (χ1n) is 9.35. The Hall–Kier alpha value is -2.85. The van der Waals surface area contributed by atoms with Crippen molar-refractivity contribution < 1.29 is 26.7 Å². The van der Waals surface area contributed by atoms with Crippen LogP contribution in [0.5, 0.6) is 5.75 Å². The topological polar surface area (TPSA) is 88.1 Å². The van der Waals surface area contributed by atoms with Gasteiger partial charge in [-0.1, -0.05) is 24.6 Å². The van der Waals surface area contributed by atoms with E-state index in [1.54, 1.807) is 6.07 Å². The van der Waals surface area contributed by atoms with E-state index in [4.69, 9.17) is 0 Å². The quantitative estimate of drug-likeness (QED) is 0.532. The lowest BCUT2D eigenvalue weighted by Crippen LogP contribution is -2.35. The van der Waals surface area contributed by atoms with Crippen LogP contribution in [0.25, 0.3) is 0 Å². The molecule has 2 aromatic rings. The van der Waals surface area contributed by atoms with Crippen molar-refractivity contribution in [1.29, 1.82) is 0 Å². The van der Waals surface area contributed by atoms with Crippen LogP contribution >= 0.6 is 0 Å². The largest absolute Gasteiger partial charge is 0.434 e. The molecule has 1 amide bonds. The number of hydrazone groups is 1. The molecule has 0 radical (unpaired) electrons. The number of nitrogens with zero attached hydrogens (tertiary/aromatic N) is 2. The van der Waals surface area contributed by atoms with E-state index in [1.165, 1.54) is 53.0 Å². The fourth-order valence-corrected chi connectivity index (χ4v) is 4.63. The monoisotopic (exact) mass is 437 g/mol. The molecule has 3 rings (SSSR count). The Kier molecular flexibility index (Phi) is 7.11. The van der Waals surface area contributed by atoms with Gasteiger partial charge in [0.15, 0.2) is 0 Å². The normalized spacial score (nSPS) is 15.4. The summed E-state index contributed by atoms with van der Waals surface area (Å²) < 4.78 is 56.3. The third-order valence-corrected chi connectivity index (χ3v) is 6.45. The van der Waals surface area contributed by atoms with E-state index in [9.17, 15) is 22.0 Å². The van der Waals surface area contributed by atoms with Gasteiger partial charge in [0.2, 0.25) is 10.0 Å². The molecule has 30 heavy (non-hydrogen) atoms. The van der Waals surface area contributed by atoms with Crippen molar-refractivity contribution >= 4 is 22.1 Å². The predicted octanol–water partition coefficient (Wildman–Crippen LogP) is 3.23. The average molecular weight is 437 g/mol. The highest BCUT2D eigenvalue weighted by Crippen LogP contribution is 2.21. The third kappa shape index (κ3) is 5.39. The highest BCUT2D eigenvalue weighted by atomic mass is 32.2. The molecule has 0 bridgehead atoms. The Morgan fingerprint density at radius 1 is 1.10 bits per heavy atom. The number of amides is 1. The van der Waals surface area contributed by atoms with Crippen LogP contribution in [0.4, 0.5) is 8.78 Å². The van der Waals surface area contributed by atoms with Crippen molar-refractivity contribution in [3.8, 4) is 5.75 Å². The van der Waals surface area contributed by atoms with E-state index in [2.05, 4.69) is 15.3 Å². The van der Waals surface area contributed by atoms with Gasteiger partial charge in [-0.25, -0.2) is 13.8 Å². The molecule has 2 aromatic carbocycles. The zero-order valence-corrected chi connectivity index (χ0v) is 16.8. The minimum atomic E-state index is -3.67. The number of carbonyl (C=O) groups is 1. The fourth-order valence-electron chi connectivity index (χ4n) is 3.07. The maximum Gasteiger partial charge on any atom is 0.387 e. The summed E-state index contributed by atoms with van der Waals surface area (Å²) in [6.07, 6.45) is 3.79. The molecule has 1 aliphatic rings. The van der Waals surface area contributed by atoms with E-state index in [-0.39, 0.29) is 21.8 Å². The molecule has 10 heteroatoms. The summed E-state index contributed by atoms with van der Waals surface area (Å²) in [6.45, 7) is -2.06. The van der Waals surface area contributed by atoms with Gasteiger partial charge in [-0.15, -0.1) is 0 Å². The van der Waals surface area contributed by atoms with Crippen LogP contribution in [0.2, 0.25) is 0 Å². The maximum absolute atomic E-state index is 12.8. The lowest BCUT2D eigenvalue weighted by Gasteiger charge is -2.25. The Bertz CT molecular complexity index is 1020. The second-order valence-corrected chi connectivity index (χ2v) is 8.55. The molecule has 0 saturated carbocycles. The van der Waals surface area contributed by atoms with Crippen molar-refractivity contribution in [2.24, 2.45) is 5.10 Å². The molecule has 1 fully saturated rings. The van der Waals surface area contributed by atoms with Crippen molar-refractivity contribution in [3.05, 3.63) is 59.7 Å². The Balaban J connectivity index is 1.71. The van der Waals surface area contributed by atoms with Gasteiger partial charge in [-0.2, -0.15) is 18.2 Å². The smallest absolute Gasteiger partial charge is 0.387 e. The molecular weight excluding hydrogens is 416 g/mol. The molecule has 1 aliphatic heterocycles. The van der Waals surface area contributed by atoms with Crippen LogP contribution in [0.1, 0.15) is 35.2 Å². The van der Waals surface area contributed by atoms with Crippen LogP contribution in [0.3, 0.4) is 0 Å². The number of carbonyl (C=O) groups excluding carboxylic acids is 1. The number of halogens is 2. The fraction of sp³-hybridized carbons (Fsp3) is 0.300. The summed E-state index contributed by atoms with van der Waals surface area (Å²) in [4.78, 5) is 12.4. The molecule has 0 atom stereocenters. The minimum absolute atomic E-state index is 0.0386. The first kappa shape index (κ1) is 21.8. The van der Waals surface area contributed by atoms with Crippen molar-refractivity contribution in [2.45, 2.75) is 30.8 Å². The number of benzene rings is 2. The number of hydrogen-bond acceptors (Lipinski definition) is 5. The first-order chi connectivity index (χ1) is 14.4. The molecule has 0 aliphatic carbocycles. The highest BCUT2D eigenvalue weighted by molar-refractivity contribution is 7.89. The van der Waals surface area contributed by atoms with E-state index in [0.29, 0.717) is 13.1 Å². The van der Waals surface area contributed by atoms with Crippen LogP contribution in [0, 0.1) is 0 Å². The van der Waals surface area contributed by atoms with Crippen LogP contribution in [0.15, 0.2) is 58.5 Å². The molecule has 0 spiro atoms. The number of ether oxygens (including phenoxy) is 1. The number of para-hydroxylation sites is 1. The number of piperidine rings is 1. The van der Waals surface area contributed by atoms with Gasteiger partial charge in [0, 0.05) is 24.2 Å². The summed E-state index contributed by atoms with van der Waals surface area (Å²) in [5.74, 6) is -0.714. The maximum atomic E-state index is 12.8. The zero-order chi connectivity index (χ0) is 21.6. The predicted molar refractivity (Wildman–Crippen MR) is 107 cm³/mol. The Labute approximate surface area is 173 Å². The van der Waals surface area contributed by atoms with Crippen molar-refractivity contribution in [1.82, 2.24) is 9.73 Å². The molecule has 1 heterocycles. The lowest BCUT2D eigenvalue weighted by atomic mass is 10.2. The minimum Gasteiger partial charge on any atom is -0.434 e. The SMILES string of the molecule is O=C(NN=Cc1ccccc1OC(F)F)c1cccc(S(=O)(=O)N2CCCCC2)c1. The standard InChI is InChI=1S/C20H21F2N3O4S/c21-20(22)29-18-10-3-2-7-16(18)14-23-24-19(26)15-8-6-9-17(13-15)30(27,28)25-11-4-1-5-12-25/h2-3,6-10,13-14,20H,1,4-5,11-12H2,(H,24,26). The Morgan fingerprint density at radius 3 is 2.57 bits per heavy atom. The summed E-state index contributed by atoms with van der Waals surface area (Å²) in [7, 11) is -3.67. The summed E-state index contributed by atoms with van der Waals surface area (Å²) >= 11 is 0. The van der Waals surface area contributed by atoms with E-state index in [0.717, 1.165) is 19.3 Å². The highest BCUT2D eigenvalue weighted by Gasteiger charge is 2.26. The molecule has 0 unspecified atom stereocenters. The lowest BCUT2D eigenvalue weighted by molar-refractivity contribution is -0.0499. The van der Waals surface area contributed by atoms with Gasteiger partial charge in [-0.05, 0) is 43.2 Å². The average Bonchev–Trinajstić information content (AvgIpc) is 2.75. The van der Waals surface area contributed by atoms with Gasteiger partial charge in [0.1, 0.15) is 5.75 Å². The van der Waals surface area contributed by atoms with Gasteiger partial charge in [-0.3, -0.25) is 4.79 Å². The van der Waals surface area contributed by atoms with Crippen molar-refractivity contribution in [3.63, 3.8) is 0 Å². The second-order valence-electron chi connectivity index (χ2n) is 6.61. The number of hydrogen-bond donors (Lipinski definition) is 1. The number of alkyl halides is 2. The van der Waals surface area contributed by atoms with Crippen LogP contribution in [-0.2, 0) is 10.0 Å². The first-order valence-corrected chi connectivity index (χ1v) is 10.8. The summed E-state index contributed by atoms with van der Waals surface area (Å²) in [6, 6.07) is 11.7. The van der Waals surface area contributed by atoms with Gasteiger partial charge in [0.25, 0.3) is 5.91 Å². The molecular formula is C20H21F2N3O4S. The molecule has 7 nitrogen and oxygen atoms in total. The molecule has 1 saturated heterocycles. The van der Waals surface area contributed by atoms with Crippen molar-refractivity contribution in [2.75, 3.05) is 13.1 Å². The van der Waals surface area contributed by atoms with E-state index in [1.807, 2.05) is 0 Å². The number of rotatable bonds is 7. The number of nitrogens with one attached hydrogen (secondary N) is 1. The van der Waals surface area contributed by atoms with E-state index < -0.39 is 22.5 Å². The van der Waals surface area contributed by atoms with Gasteiger partial charge < -0.3 is 4.74 Å². The summed E-state index contributed by atoms with van der Waals surface area (Å²) in [5, 5.41) is 3.76. The van der Waals surface area contributed by atoms with Crippen LogP contribution in [-0.4, -0.2) is 44.5 Å². The number of sulfonamides is 1. The van der Waals surface area contributed by atoms with Gasteiger partial charge >= 0.3 is 6.61 Å². The molecule has 0 aromatic heterocycles. The van der Waals surface area contributed by atoms with Gasteiger partial charge in [0.05, 0.1) is 11.1 Å². The second kappa shape index (κ2) is 9.77. The third-order valence-electron chi connectivity index (χ3n) is 4.55. The van der Waals surface area contributed by atoms with Crippen LogP contribution < -0.4 is 10.2 Å². The zero-order valence-electron chi connectivity index (χ0n) is 16.0.